The number of carbonyl (C=O) groups is 1. The van der Waals surface area contributed by atoms with Gasteiger partial charge < -0.3 is 10.1 Å². The molecule has 82 valence electrons. The summed E-state index contributed by atoms with van der Waals surface area (Å²) in [5, 5.41) is 3.00. The molecule has 0 atom stereocenters. The third kappa shape index (κ3) is 4.01. The van der Waals surface area contributed by atoms with Gasteiger partial charge in [-0.25, -0.2) is 0 Å². The minimum atomic E-state index is -0.249. The Balaban J connectivity index is 2.44. The molecular formula is C11H14BrNO2. The van der Waals surface area contributed by atoms with Gasteiger partial charge in [0.2, 0.25) is 0 Å². The summed E-state index contributed by atoms with van der Waals surface area (Å²) in [6, 6.07) is 6.11. The second-order valence-electron chi connectivity index (χ2n) is 3.26. The van der Waals surface area contributed by atoms with Crippen molar-refractivity contribution in [3.8, 4) is 0 Å². The highest BCUT2D eigenvalue weighted by molar-refractivity contribution is 9.10. The van der Waals surface area contributed by atoms with E-state index in [4.69, 9.17) is 0 Å². The number of rotatable bonds is 4. The Morgan fingerprint density at radius 3 is 2.87 bits per heavy atom. The highest BCUT2D eigenvalue weighted by Crippen LogP contribution is 2.17. The van der Waals surface area contributed by atoms with Crippen LogP contribution in [0.3, 0.4) is 0 Å². The maximum absolute atomic E-state index is 10.8. The molecule has 1 aromatic carbocycles. The molecule has 1 N–H and O–H groups in total. The van der Waals surface area contributed by atoms with Crippen molar-refractivity contribution in [1.82, 2.24) is 5.32 Å². The lowest BCUT2D eigenvalue weighted by Gasteiger charge is -2.05. The zero-order chi connectivity index (χ0) is 11.3. The van der Waals surface area contributed by atoms with Crippen molar-refractivity contribution >= 4 is 21.9 Å². The first-order valence-corrected chi connectivity index (χ1v) is 5.45. The number of benzene rings is 1. The minimum absolute atomic E-state index is 0.238. The number of halogens is 1. The number of nitrogens with one attached hydrogen (secondary N) is 1. The van der Waals surface area contributed by atoms with Crippen LogP contribution in [0.1, 0.15) is 11.1 Å². The molecule has 0 saturated carbocycles. The van der Waals surface area contributed by atoms with Crippen molar-refractivity contribution < 1.29 is 9.53 Å². The molecule has 0 radical (unpaired) electrons. The third-order valence-corrected chi connectivity index (χ3v) is 2.92. The van der Waals surface area contributed by atoms with Crippen molar-refractivity contribution in [3.63, 3.8) is 0 Å². The normalized spacial score (nSPS) is 10.1. The fourth-order valence-corrected chi connectivity index (χ4v) is 1.55. The number of hydrogen-bond acceptors (Lipinski definition) is 3. The van der Waals surface area contributed by atoms with Crippen molar-refractivity contribution in [2.45, 2.75) is 13.5 Å². The van der Waals surface area contributed by atoms with Gasteiger partial charge in [-0.05, 0) is 24.1 Å². The van der Waals surface area contributed by atoms with Crippen LogP contribution in [0, 0.1) is 6.92 Å². The Kier molecular flexibility index (Phi) is 4.78. The molecule has 0 spiro atoms. The standard InChI is InChI=1S/C11H14BrNO2/c1-8-3-4-9(5-10(8)12)6-13-7-11(14)15-2/h3-5,13H,6-7H2,1-2H3. The van der Waals surface area contributed by atoms with Crippen LogP contribution < -0.4 is 5.32 Å². The van der Waals surface area contributed by atoms with Crippen molar-refractivity contribution in [2.24, 2.45) is 0 Å². The van der Waals surface area contributed by atoms with Crippen LogP contribution in [0.5, 0.6) is 0 Å². The molecule has 0 aromatic heterocycles. The number of aryl methyl sites for hydroxylation is 1. The molecule has 0 fully saturated rings. The lowest BCUT2D eigenvalue weighted by molar-refractivity contribution is -0.139. The Labute approximate surface area is 97.9 Å². The van der Waals surface area contributed by atoms with Crippen LogP contribution in [-0.4, -0.2) is 19.6 Å². The summed E-state index contributed by atoms with van der Waals surface area (Å²) in [7, 11) is 1.38. The molecule has 4 heteroatoms. The largest absolute Gasteiger partial charge is 0.468 e. The van der Waals surface area contributed by atoms with Gasteiger partial charge in [0.1, 0.15) is 0 Å². The van der Waals surface area contributed by atoms with E-state index >= 15 is 0 Å². The van der Waals surface area contributed by atoms with Crippen LogP contribution in [0.25, 0.3) is 0 Å². The Morgan fingerprint density at radius 1 is 1.53 bits per heavy atom. The lowest BCUT2D eigenvalue weighted by atomic mass is 10.1. The number of carbonyl (C=O) groups excluding carboxylic acids is 1. The molecule has 15 heavy (non-hydrogen) atoms. The molecule has 0 aliphatic heterocycles. The van der Waals surface area contributed by atoms with Gasteiger partial charge in [0.15, 0.2) is 0 Å². The van der Waals surface area contributed by atoms with Crippen LogP contribution in [-0.2, 0) is 16.1 Å². The molecule has 0 unspecified atom stereocenters. The molecule has 0 bridgehead atoms. The van der Waals surface area contributed by atoms with E-state index in [0.717, 1.165) is 10.0 Å². The first-order valence-electron chi connectivity index (χ1n) is 4.66. The van der Waals surface area contributed by atoms with Gasteiger partial charge in [-0.2, -0.15) is 0 Å². The topological polar surface area (TPSA) is 38.3 Å². The fourth-order valence-electron chi connectivity index (χ4n) is 1.13. The summed E-state index contributed by atoms with van der Waals surface area (Å²) in [5.41, 5.74) is 2.34. The average Bonchev–Trinajstić information content (AvgIpc) is 2.23. The van der Waals surface area contributed by atoms with E-state index in [1.54, 1.807) is 0 Å². The maximum atomic E-state index is 10.8. The monoisotopic (exact) mass is 271 g/mol. The summed E-state index contributed by atoms with van der Waals surface area (Å²) in [4.78, 5) is 10.8. The van der Waals surface area contributed by atoms with Crippen LogP contribution >= 0.6 is 15.9 Å². The van der Waals surface area contributed by atoms with E-state index in [-0.39, 0.29) is 12.5 Å². The highest BCUT2D eigenvalue weighted by atomic mass is 79.9. The van der Waals surface area contributed by atoms with Gasteiger partial charge in [0.05, 0.1) is 13.7 Å². The molecule has 1 aromatic rings. The molecule has 3 nitrogen and oxygen atoms in total. The zero-order valence-electron chi connectivity index (χ0n) is 8.84. The second-order valence-corrected chi connectivity index (χ2v) is 4.12. The van der Waals surface area contributed by atoms with Gasteiger partial charge in [0.25, 0.3) is 0 Å². The zero-order valence-corrected chi connectivity index (χ0v) is 10.4. The first kappa shape index (κ1) is 12.2. The van der Waals surface area contributed by atoms with E-state index in [9.17, 15) is 4.79 Å². The van der Waals surface area contributed by atoms with E-state index in [1.165, 1.54) is 12.7 Å². The second kappa shape index (κ2) is 5.88. The highest BCUT2D eigenvalue weighted by Gasteiger charge is 2.00. The smallest absolute Gasteiger partial charge is 0.319 e. The molecule has 0 amide bonds. The van der Waals surface area contributed by atoms with Crippen molar-refractivity contribution in [1.29, 1.82) is 0 Å². The predicted molar refractivity (Wildman–Crippen MR) is 62.6 cm³/mol. The molecular weight excluding hydrogens is 258 g/mol. The van der Waals surface area contributed by atoms with Gasteiger partial charge in [-0.15, -0.1) is 0 Å². The Morgan fingerprint density at radius 2 is 2.27 bits per heavy atom. The van der Waals surface area contributed by atoms with E-state index < -0.39 is 0 Å². The molecule has 0 aliphatic rings. The predicted octanol–water partition coefficient (Wildman–Crippen LogP) is 2.02. The molecule has 0 saturated heterocycles. The van der Waals surface area contributed by atoms with Gasteiger partial charge in [-0.1, -0.05) is 28.1 Å². The van der Waals surface area contributed by atoms with E-state index in [0.29, 0.717) is 6.54 Å². The minimum Gasteiger partial charge on any atom is -0.468 e. The van der Waals surface area contributed by atoms with Gasteiger partial charge in [0, 0.05) is 11.0 Å². The fraction of sp³-hybridized carbons (Fsp3) is 0.364. The molecule has 1 rings (SSSR count). The number of hydrogen-bond donors (Lipinski definition) is 1. The van der Waals surface area contributed by atoms with E-state index in [2.05, 4.69) is 26.0 Å². The Hall–Kier alpha value is -0.870. The summed E-state index contributed by atoms with van der Waals surface area (Å²) in [6.45, 7) is 2.94. The Bertz CT molecular complexity index is 352. The molecule has 0 aliphatic carbocycles. The lowest BCUT2D eigenvalue weighted by Crippen LogP contribution is -2.23. The summed E-state index contributed by atoms with van der Waals surface area (Å²) in [6.07, 6.45) is 0. The first-order chi connectivity index (χ1) is 7.13. The van der Waals surface area contributed by atoms with Crippen LogP contribution in [0.2, 0.25) is 0 Å². The maximum Gasteiger partial charge on any atom is 0.319 e. The quantitative estimate of drug-likeness (QED) is 0.852. The molecule has 0 heterocycles. The number of esters is 1. The average molecular weight is 272 g/mol. The van der Waals surface area contributed by atoms with Gasteiger partial charge >= 0.3 is 5.97 Å². The number of methoxy groups -OCH3 is 1. The van der Waals surface area contributed by atoms with Gasteiger partial charge in [-0.3, -0.25) is 4.79 Å². The van der Waals surface area contributed by atoms with Crippen LogP contribution in [0.4, 0.5) is 0 Å². The van der Waals surface area contributed by atoms with Crippen molar-refractivity contribution in [3.05, 3.63) is 33.8 Å². The third-order valence-electron chi connectivity index (χ3n) is 2.06. The summed E-state index contributed by atoms with van der Waals surface area (Å²) in [5.74, 6) is -0.249. The van der Waals surface area contributed by atoms with Crippen molar-refractivity contribution in [2.75, 3.05) is 13.7 Å². The SMILES string of the molecule is COC(=O)CNCc1ccc(C)c(Br)c1. The number of ether oxygens (including phenoxy) is 1. The summed E-state index contributed by atoms with van der Waals surface area (Å²) < 4.78 is 5.60. The van der Waals surface area contributed by atoms with E-state index in [1.807, 2.05) is 25.1 Å². The summed E-state index contributed by atoms with van der Waals surface area (Å²) >= 11 is 3.46. The van der Waals surface area contributed by atoms with Crippen LogP contribution in [0.15, 0.2) is 22.7 Å².